The van der Waals surface area contributed by atoms with E-state index in [9.17, 15) is 22.4 Å². The van der Waals surface area contributed by atoms with E-state index in [0.29, 0.717) is 22.2 Å². The van der Waals surface area contributed by atoms with Gasteiger partial charge in [-0.1, -0.05) is 12.1 Å². The molecule has 0 unspecified atom stereocenters. The van der Waals surface area contributed by atoms with Crippen LogP contribution in [0.1, 0.15) is 5.56 Å². The number of rotatable bonds is 3. The summed E-state index contributed by atoms with van der Waals surface area (Å²) in [6, 6.07) is 8.46. The predicted molar refractivity (Wildman–Crippen MR) is 91.6 cm³/mol. The molecule has 4 rings (SSSR count). The van der Waals surface area contributed by atoms with Crippen LogP contribution in [0.3, 0.4) is 0 Å². The van der Waals surface area contributed by atoms with Crippen molar-refractivity contribution in [2.24, 2.45) is 0 Å². The van der Waals surface area contributed by atoms with Crippen molar-refractivity contribution in [3.8, 4) is 11.1 Å². The molecule has 0 saturated carbocycles. The van der Waals surface area contributed by atoms with Crippen molar-refractivity contribution in [1.29, 1.82) is 0 Å². The molecule has 2 aromatic heterocycles. The summed E-state index contributed by atoms with van der Waals surface area (Å²) in [5.41, 5.74) is 1.44. The molecule has 27 heavy (non-hydrogen) atoms. The molecule has 140 valence electrons. The van der Waals surface area contributed by atoms with E-state index in [-0.39, 0.29) is 25.5 Å². The maximum atomic E-state index is 12.9. The lowest BCUT2D eigenvalue weighted by molar-refractivity contribution is -0.139. The minimum absolute atomic E-state index is 0.0317. The number of aromatic nitrogens is 2. The molecule has 0 atom stereocenters. The highest BCUT2D eigenvalue weighted by atomic mass is 19.4. The first-order chi connectivity index (χ1) is 12.8. The Hall–Kier alpha value is -2.90. The van der Waals surface area contributed by atoms with Gasteiger partial charge < -0.3 is 9.47 Å². The lowest BCUT2D eigenvalue weighted by atomic mass is 10.0. The second kappa shape index (κ2) is 6.37. The topological polar surface area (TPSA) is 38.1 Å². The van der Waals surface area contributed by atoms with Gasteiger partial charge in [0.2, 0.25) is 5.91 Å². The van der Waals surface area contributed by atoms with E-state index in [1.165, 1.54) is 17.2 Å². The molecule has 0 aliphatic carbocycles. The molecule has 1 fully saturated rings. The van der Waals surface area contributed by atoms with E-state index in [4.69, 9.17) is 0 Å². The molecule has 1 aromatic carbocycles. The first-order valence-electron chi connectivity index (χ1n) is 8.35. The number of hydrogen-bond acceptors (Lipinski definition) is 2. The molecule has 3 heterocycles. The van der Waals surface area contributed by atoms with Gasteiger partial charge in [-0.2, -0.15) is 13.2 Å². The van der Waals surface area contributed by atoms with E-state index in [0.717, 1.165) is 12.1 Å². The average molecular weight is 377 g/mol. The van der Waals surface area contributed by atoms with Crippen LogP contribution in [0.4, 0.5) is 17.6 Å². The van der Waals surface area contributed by atoms with E-state index >= 15 is 0 Å². The van der Waals surface area contributed by atoms with Crippen molar-refractivity contribution in [3.63, 3.8) is 0 Å². The molecule has 3 aromatic rings. The van der Waals surface area contributed by atoms with Gasteiger partial charge in [-0.05, 0) is 29.8 Å². The van der Waals surface area contributed by atoms with Gasteiger partial charge in [0.15, 0.2) is 0 Å². The van der Waals surface area contributed by atoms with Gasteiger partial charge in [-0.25, -0.2) is 4.39 Å². The number of halogens is 4. The summed E-state index contributed by atoms with van der Waals surface area (Å²) < 4.78 is 53.4. The van der Waals surface area contributed by atoms with Crippen molar-refractivity contribution in [3.05, 3.63) is 54.4 Å². The quantitative estimate of drug-likeness (QED) is 0.650. The maximum absolute atomic E-state index is 12.9. The second-order valence-electron chi connectivity index (χ2n) is 6.55. The van der Waals surface area contributed by atoms with Crippen LogP contribution in [-0.2, 0) is 17.5 Å². The fraction of sp³-hybridized carbons (Fsp3) is 0.263. The number of fused-ring (bicyclic) bond motifs is 1. The van der Waals surface area contributed by atoms with E-state index in [1.54, 1.807) is 29.0 Å². The molecule has 4 nitrogen and oxygen atoms in total. The third kappa shape index (κ3) is 3.39. The summed E-state index contributed by atoms with van der Waals surface area (Å²) >= 11 is 0. The van der Waals surface area contributed by atoms with E-state index in [2.05, 4.69) is 4.98 Å². The Labute approximate surface area is 152 Å². The van der Waals surface area contributed by atoms with Gasteiger partial charge >= 0.3 is 6.18 Å². The summed E-state index contributed by atoms with van der Waals surface area (Å²) in [5.74, 6) is -0.203. The van der Waals surface area contributed by atoms with Crippen molar-refractivity contribution < 1.29 is 22.4 Å². The van der Waals surface area contributed by atoms with E-state index < -0.39 is 17.9 Å². The minimum atomic E-state index is -4.42. The molecule has 0 bridgehead atoms. The third-order valence-corrected chi connectivity index (χ3v) is 4.64. The summed E-state index contributed by atoms with van der Waals surface area (Å²) in [6.07, 6.45) is -2.19. The molecule has 1 aliphatic rings. The molecular weight excluding hydrogens is 362 g/mol. The highest BCUT2D eigenvalue weighted by molar-refractivity contribution is 5.84. The second-order valence-corrected chi connectivity index (χ2v) is 6.55. The lowest BCUT2D eigenvalue weighted by Gasteiger charge is -2.34. The number of hydrogen-bond donors (Lipinski definition) is 0. The summed E-state index contributed by atoms with van der Waals surface area (Å²) in [5, 5.41) is 0. The fourth-order valence-electron chi connectivity index (χ4n) is 3.11. The fourth-order valence-corrected chi connectivity index (χ4v) is 3.11. The van der Waals surface area contributed by atoms with Crippen LogP contribution >= 0.6 is 0 Å². The standard InChI is InChI=1S/C19H15F4N3O/c20-15-9-26(10-15)18(27)11-25-5-4-16-17(25)7-13(8-24-16)12-2-1-3-14(6-12)19(21,22)23/h1-8,15H,9-11H2. The average Bonchev–Trinajstić information content (AvgIpc) is 3.00. The SMILES string of the molecule is O=C(Cn1ccc2ncc(-c3cccc(C(F)(F)F)c3)cc21)N1CC(F)C1. The van der Waals surface area contributed by atoms with Gasteiger partial charge in [0.05, 0.1) is 29.7 Å². The van der Waals surface area contributed by atoms with Gasteiger partial charge in [0, 0.05) is 18.0 Å². The number of alkyl halides is 4. The number of carbonyl (C=O) groups excluding carboxylic acids is 1. The molecule has 0 spiro atoms. The van der Waals surface area contributed by atoms with Crippen LogP contribution in [0.25, 0.3) is 22.2 Å². The molecule has 1 aliphatic heterocycles. The Morgan fingerprint density at radius 3 is 2.63 bits per heavy atom. The van der Waals surface area contributed by atoms with Gasteiger partial charge in [-0.3, -0.25) is 9.78 Å². The van der Waals surface area contributed by atoms with Gasteiger partial charge in [-0.15, -0.1) is 0 Å². The normalized spacial score (nSPS) is 15.2. The van der Waals surface area contributed by atoms with Crippen molar-refractivity contribution in [1.82, 2.24) is 14.5 Å². The van der Waals surface area contributed by atoms with Crippen LogP contribution < -0.4 is 0 Å². The monoisotopic (exact) mass is 377 g/mol. The number of amides is 1. The Balaban J connectivity index is 1.65. The Bertz CT molecular complexity index is 1010. The first kappa shape index (κ1) is 17.5. The largest absolute Gasteiger partial charge is 0.416 e. The molecule has 0 N–H and O–H groups in total. The zero-order chi connectivity index (χ0) is 19.2. The molecule has 0 radical (unpaired) electrons. The number of likely N-dealkylation sites (tertiary alicyclic amines) is 1. The molecule has 1 saturated heterocycles. The Morgan fingerprint density at radius 2 is 1.93 bits per heavy atom. The number of carbonyl (C=O) groups is 1. The highest BCUT2D eigenvalue weighted by Gasteiger charge is 2.31. The predicted octanol–water partition coefficient (Wildman–Crippen LogP) is 3.90. The van der Waals surface area contributed by atoms with E-state index in [1.807, 2.05) is 0 Å². The summed E-state index contributed by atoms with van der Waals surface area (Å²) in [4.78, 5) is 17.9. The van der Waals surface area contributed by atoms with Crippen LogP contribution in [0.2, 0.25) is 0 Å². The molecule has 1 amide bonds. The van der Waals surface area contributed by atoms with Crippen LogP contribution in [0, 0.1) is 0 Å². The summed E-state index contributed by atoms with van der Waals surface area (Å²) in [7, 11) is 0. The zero-order valence-electron chi connectivity index (χ0n) is 14.1. The van der Waals surface area contributed by atoms with Gasteiger partial charge in [0.1, 0.15) is 12.7 Å². The first-order valence-corrected chi connectivity index (χ1v) is 8.35. The number of benzene rings is 1. The van der Waals surface area contributed by atoms with Crippen LogP contribution in [-0.4, -0.2) is 39.6 Å². The maximum Gasteiger partial charge on any atom is 0.416 e. The van der Waals surface area contributed by atoms with Crippen molar-refractivity contribution in [2.45, 2.75) is 18.9 Å². The third-order valence-electron chi connectivity index (χ3n) is 4.64. The minimum Gasteiger partial charge on any atom is -0.337 e. The highest BCUT2D eigenvalue weighted by Crippen LogP contribution is 2.32. The number of pyridine rings is 1. The van der Waals surface area contributed by atoms with Gasteiger partial charge in [0.25, 0.3) is 0 Å². The van der Waals surface area contributed by atoms with Crippen LogP contribution in [0.15, 0.2) is 48.8 Å². The molecule has 8 heteroatoms. The molecular formula is C19H15F4N3O. The zero-order valence-corrected chi connectivity index (χ0v) is 14.1. The van der Waals surface area contributed by atoms with Crippen molar-refractivity contribution in [2.75, 3.05) is 13.1 Å². The smallest absolute Gasteiger partial charge is 0.337 e. The number of nitrogens with zero attached hydrogens (tertiary/aromatic N) is 3. The Morgan fingerprint density at radius 1 is 1.15 bits per heavy atom. The Kier molecular flexibility index (Phi) is 4.13. The summed E-state index contributed by atoms with van der Waals surface area (Å²) in [6.45, 7) is 0.238. The lowest BCUT2D eigenvalue weighted by Crippen LogP contribution is -2.52. The van der Waals surface area contributed by atoms with Crippen LogP contribution in [0.5, 0.6) is 0 Å². The van der Waals surface area contributed by atoms with Crippen molar-refractivity contribution >= 4 is 16.9 Å².